The van der Waals surface area contributed by atoms with Crippen LogP contribution in [0.4, 0.5) is 4.39 Å². The first kappa shape index (κ1) is 20.5. The van der Waals surface area contributed by atoms with Gasteiger partial charge in [-0.15, -0.1) is 0 Å². The lowest BCUT2D eigenvalue weighted by molar-refractivity contribution is 0.0885. The van der Waals surface area contributed by atoms with Gasteiger partial charge in [0.25, 0.3) is 0 Å². The molecule has 1 fully saturated rings. The number of fused-ring (bicyclic) bond motifs is 4. The molecule has 0 unspecified atom stereocenters. The third-order valence-corrected chi connectivity index (χ3v) is 7.18. The molecule has 0 saturated heterocycles. The molecule has 2 N–H and O–H groups in total. The monoisotopic (exact) mass is 445 g/mol. The zero-order chi connectivity index (χ0) is 22.4. The second-order valence-corrected chi connectivity index (χ2v) is 9.36. The first-order valence-electron chi connectivity index (χ1n) is 11.8. The van der Waals surface area contributed by atoms with Crippen molar-refractivity contribution in [2.45, 2.75) is 50.7 Å². The number of aromatic nitrogens is 2. The molecule has 3 heterocycles. The Morgan fingerprint density at radius 2 is 2.00 bits per heavy atom. The van der Waals surface area contributed by atoms with Crippen LogP contribution in [0.2, 0.25) is 0 Å². The zero-order valence-electron chi connectivity index (χ0n) is 18.7. The van der Waals surface area contributed by atoms with E-state index in [2.05, 4.69) is 28.4 Å². The highest BCUT2D eigenvalue weighted by molar-refractivity contribution is 5.90. The van der Waals surface area contributed by atoms with Crippen molar-refractivity contribution in [3.05, 3.63) is 65.7 Å². The van der Waals surface area contributed by atoms with Gasteiger partial charge in [0.2, 0.25) is 0 Å². The van der Waals surface area contributed by atoms with Gasteiger partial charge in [0.15, 0.2) is 11.5 Å². The highest BCUT2D eigenvalue weighted by Gasteiger charge is 2.27. The molecule has 6 rings (SSSR count). The van der Waals surface area contributed by atoms with Gasteiger partial charge >= 0.3 is 0 Å². The van der Waals surface area contributed by atoms with E-state index in [9.17, 15) is 4.39 Å². The predicted octanol–water partition coefficient (Wildman–Crippen LogP) is 5.62. The van der Waals surface area contributed by atoms with E-state index in [4.69, 9.17) is 9.47 Å². The molecule has 6 heteroatoms. The molecule has 2 aromatic carbocycles. The number of hydrogen-bond acceptors (Lipinski definition) is 4. The van der Waals surface area contributed by atoms with Gasteiger partial charge in [-0.25, -0.2) is 4.39 Å². The first-order valence-corrected chi connectivity index (χ1v) is 11.8. The van der Waals surface area contributed by atoms with E-state index >= 15 is 0 Å². The molecule has 1 saturated carbocycles. The molecule has 1 aliphatic carbocycles. The van der Waals surface area contributed by atoms with Crippen molar-refractivity contribution in [3.8, 4) is 11.5 Å². The molecule has 0 radical (unpaired) electrons. The van der Waals surface area contributed by atoms with Crippen molar-refractivity contribution < 1.29 is 13.9 Å². The molecule has 1 aliphatic heterocycles. The van der Waals surface area contributed by atoms with Crippen molar-refractivity contribution in [2.24, 2.45) is 0 Å². The van der Waals surface area contributed by atoms with Crippen LogP contribution in [-0.4, -0.2) is 35.3 Å². The third-order valence-electron chi connectivity index (χ3n) is 7.18. The molecule has 4 aromatic rings. The van der Waals surface area contributed by atoms with E-state index in [-0.39, 0.29) is 11.9 Å². The number of nitrogens with zero attached hydrogens (tertiary/aromatic N) is 1. The molecule has 2 aromatic heterocycles. The van der Waals surface area contributed by atoms with Crippen molar-refractivity contribution in [3.63, 3.8) is 0 Å². The normalized spacial score (nSPS) is 22.7. The number of pyridine rings is 1. The van der Waals surface area contributed by atoms with Gasteiger partial charge in [-0.3, -0.25) is 4.98 Å². The van der Waals surface area contributed by atoms with Crippen molar-refractivity contribution in [1.29, 1.82) is 0 Å². The summed E-state index contributed by atoms with van der Waals surface area (Å²) in [5.41, 5.74) is 4.32. The summed E-state index contributed by atoms with van der Waals surface area (Å²) in [5, 5.41) is 5.74. The number of hydrogen-bond donors (Lipinski definition) is 2. The molecule has 1 atom stereocenters. The number of aryl methyl sites for hydroxylation is 1. The predicted molar refractivity (Wildman–Crippen MR) is 128 cm³/mol. The Bertz CT molecular complexity index is 1310. The number of nitrogens with one attached hydrogen (secondary N) is 2. The van der Waals surface area contributed by atoms with Crippen LogP contribution in [0.25, 0.3) is 21.8 Å². The molecule has 33 heavy (non-hydrogen) atoms. The van der Waals surface area contributed by atoms with E-state index in [1.165, 1.54) is 11.6 Å². The molecular formula is C27H28FN3O2. The van der Waals surface area contributed by atoms with Crippen molar-refractivity contribution in [1.82, 2.24) is 15.3 Å². The van der Waals surface area contributed by atoms with Crippen LogP contribution in [-0.2, 0) is 0 Å². The average molecular weight is 446 g/mol. The second-order valence-electron chi connectivity index (χ2n) is 9.36. The van der Waals surface area contributed by atoms with E-state index in [1.807, 2.05) is 30.5 Å². The molecule has 2 aliphatic rings. The molecule has 0 spiro atoms. The Hall–Kier alpha value is -3.12. The Balaban J connectivity index is 1.08. The fourth-order valence-electron chi connectivity index (χ4n) is 5.44. The van der Waals surface area contributed by atoms with Crippen LogP contribution >= 0.6 is 0 Å². The minimum absolute atomic E-state index is 0.0297. The fraction of sp³-hybridized carbons (Fsp3) is 0.370. The summed E-state index contributed by atoms with van der Waals surface area (Å²) in [6.07, 6.45) is 8.24. The highest BCUT2D eigenvalue weighted by atomic mass is 19.1. The third kappa shape index (κ3) is 3.82. The van der Waals surface area contributed by atoms with Gasteiger partial charge in [0, 0.05) is 41.3 Å². The molecule has 0 bridgehead atoms. The van der Waals surface area contributed by atoms with Crippen molar-refractivity contribution >= 4 is 21.8 Å². The lowest BCUT2D eigenvalue weighted by Gasteiger charge is -2.32. The standard InChI is InChI=1S/C27H28FN3O2/c1-16-11-25-27(21-3-2-10-29-26(16)21)33-20(15-32-25)13-30-19-7-4-17(5-8-19)23-14-31-24-9-6-18(28)12-22(23)24/h2-3,6,9-12,14,17,19-20,30-31H,4-5,7-8,13,15H2,1H3/t17?,19?,20-/m0/s1. The number of benzene rings is 2. The maximum atomic E-state index is 13.7. The zero-order valence-corrected chi connectivity index (χ0v) is 18.7. The van der Waals surface area contributed by atoms with Gasteiger partial charge in [0.05, 0.1) is 5.52 Å². The van der Waals surface area contributed by atoms with Crippen LogP contribution in [0.15, 0.2) is 48.8 Å². The Morgan fingerprint density at radius 1 is 1.12 bits per heavy atom. The van der Waals surface area contributed by atoms with Gasteiger partial charge in [-0.1, -0.05) is 0 Å². The Morgan fingerprint density at radius 3 is 2.88 bits per heavy atom. The Labute approximate surface area is 192 Å². The SMILES string of the molecule is Cc1cc2c(c3cccnc13)O[C@@H](CNC1CCC(c3c[nH]c4ccc(F)cc34)CC1)CO2. The topological polar surface area (TPSA) is 59.2 Å². The highest BCUT2D eigenvalue weighted by Crippen LogP contribution is 2.40. The van der Waals surface area contributed by atoms with Gasteiger partial charge in [-0.05, 0) is 86.1 Å². The van der Waals surface area contributed by atoms with Crippen LogP contribution in [0.3, 0.4) is 0 Å². The van der Waals surface area contributed by atoms with E-state index < -0.39 is 0 Å². The number of ether oxygens (including phenoxy) is 2. The number of halogens is 1. The molecular weight excluding hydrogens is 417 g/mol. The van der Waals surface area contributed by atoms with E-state index in [1.54, 1.807) is 6.07 Å². The summed E-state index contributed by atoms with van der Waals surface area (Å²) < 4.78 is 26.2. The first-order chi connectivity index (χ1) is 16.2. The summed E-state index contributed by atoms with van der Waals surface area (Å²) >= 11 is 0. The molecule has 5 nitrogen and oxygen atoms in total. The lowest BCUT2D eigenvalue weighted by atomic mass is 9.81. The van der Waals surface area contributed by atoms with Gasteiger partial charge in [0.1, 0.15) is 18.5 Å². The van der Waals surface area contributed by atoms with Gasteiger partial charge in [-0.2, -0.15) is 0 Å². The van der Waals surface area contributed by atoms with Crippen LogP contribution in [0, 0.1) is 12.7 Å². The number of H-pyrrole nitrogens is 1. The number of aromatic amines is 1. The quantitative estimate of drug-likeness (QED) is 0.428. The second kappa shape index (κ2) is 8.34. The molecule has 170 valence electrons. The fourth-order valence-corrected chi connectivity index (χ4v) is 5.44. The van der Waals surface area contributed by atoms with Gasteiger partial charge < -0.3 is 19.8 Å². The van der Waals surface area contributed by atoms with Crippen LogP contribution < -0.4 is 14.8 Å². The van der Waals surface area contributed by atoms with Crippen molar-refractivity contribution in [2.75, 3.05) is 13.2 Å². The summed E-state index contributed by atoms with van der Waals surface area (Å²) in [5.74, 6) is 1.91. The summed E-state index contributed by atoms with van der Waals surface area (Å²) in [7, 11) is 0. The molecule has 0 amide bonds. The number of rotatable bonds is 4. The maximum Gasteiger partial charge on any atom is 0.171 e. The van der Waals surface area contributed by atoms with E-state index in [0.29, 0.717) is 18.6 Å². The minimum atomic E-state index is -0.173. The average Bonchev–Trinajstić information content (AvgIpc) is 3.26. The minimum Gasteiger partial charge on any atom is -0.486 e. The van der Waals surface area contributed by atoms with E-state index in [0.717, 1.165) is 71.1 Å². The lowest BCUT2D eigenvalue weighted by Crippen LogP contribution is -2.43. The maximum absolute atomic E-state index is 13.7. The van der Waals surface area contributed by atoms with Crippen LogP contribution in [0.5, 0.6) is 11.5 Å². The summed E-state index contributed by atoms with van der Waals surface area (Å²) in [4.78, 5) is 7.81. The summed E-state index contributed by atoms with van der Waals surface area (Å²) in [6, 6.07) is 11.5. The summed E-state index contributed by atoms with van der Waals surface area (Å²) in [6.45, 7) is 3.35. The Kier molecular flexibility index (Phi) is 5.18. The largest absolute Gasteiger partial charge is 0.486 e. The van der Waals surface area contributed by atoms with Crippen LogP contribution in [0.1, 0.15) is 42.7 Å². The smallest absolute Gasteiger partial charge is 0.171 e.